The van der Waals surface area contributed by atoms with E-state index in [1.807, 2.05) is 18.5 Å². The van der Waals surface area contributed by atoms with Crippen molar-refractivity contribution in [1.82, 2.24) is 20.1 Å². The predicted molar refractivity (Wildman–Crippen MR) is 104 cm³/mol. The van der Waals surface area contributed by atoms with Gasteiger partial charge in [0, 0.05) is 31.2 Å². The summed E-state index contributed by atoms with van der Waals surface area (Å²) in [7, 11) is 1.99. The number of aliphatic imine (C=N–C) groups is 1. The first kappa shape index (κ1) is 17.1. The Morgan fingerprint density at radius 1 is 1.23 bits per heavy atom. The van der Waals surface area contributed by atoms with Crippen LogP contribution in [0.1, 0.15) is 49.8 Å². The number of aryl methyl sites for hydroxylation is 1. The van der Waals surface area contributed by atoms with Crippen LogP contribution in [-0.4, -0.2) is 33.8 Å². The smallest absolute Gasteiger partial charge is 0.198 e. The minimum Gasteiger partial charge on any atom is -0.356 e. The molecule has 0 atom stereocenters. The predicted octanol–water partition coefficient (Wildman–Crippen LogP) is 2.92. The van der Waals surface area contributed by atoms with E-state index in [4.69, 9.17) is 4.99 Å². The van der Waals surface area contributed by atoms with Crippen molar-refractivity contribution in [2.24, 2.45) is 12.0 Å². The van der Waals surface area contributed by atoms with E-state index in [2.05, 4.69) is 51.6 Å². The fraction of sp³-hybridized carbons (Fsp3) is 0.550. The van der Waals surface area contributed by atoms with Crippen LogP contribution in [0.4, 0.5) is 5.69 Å². The molecule has 4 rings (SSSR count). The molecular formula is C20H28N6. The molecule has 0 amide bonds. The minimum absolute atomic E-state index is 0.300. The molecule has 1 aromatic carbocycles. The zero-order valence-corrected chi connectivity index (χ0v) is 16.0. The van der Waals surface area contributed by atoms with Crippen LogP contribution in [0.5, 0.6) is 0 Å². The molecule has 2 aliphatic rings. The van der Waals surface area contributed by atoms with E-state index in [0.29, 0.717) is 12.0 Å². The van der Waals surface area contributed by atoms with Crippen LogP contribution in [-0.2, 0) is 19.0 Å². The van der Waals surface area contributed by atoms with Gasteiger partial charge in [0.15, 0.2) is 11.8 Å². The standard InChI is InChI=1S/C20H28N6/c1-4-21-19(22-13-18-24-23-15(2)25(18)3)26-14-20(11-7-8-12-20)16-9-5-6-10-17(16)26/h5-6,9-10H,4,7-8,11-14H2,1-3H3,(H,21,22). The topological polar surface area (TPSA) is 58.3 Å². The van der Waals surface area contributed by atoms with Crippen molar-refractivity contribution in [3.05, 3.63) is 41.5 Å². The molecule has 1 N–H and O–H groups in total. The van der Waals surface area contributed by atoms with E-state index >= 15 is 0 Å². The average molecular weight is 352 g/mol. The molecule has 0 unspecified atom stereocenters. The molecule has 1 spiro atoms. The maximum Gasteiger partial charge on any atom is 0.198 e. The second-order valence-corrected chi connectivity index (χ2v) is 7.48. The zero-order valence-electron chi connectivity index (χ0n) is 16.0. The van der Waals surface area contributed by atoms with E-state index in [1.54, 1.807) is 0 Å². The number of benzene rings is 1. The molecule has 2 aromatic rings. The van der Waals surface area contributed by atoms with Gasteiger partial charge in [0.05, 0.1) is 0 Å². The molecule has 0 bridgehead atoms. The Morgan fingerprint density at radius 2 is 2.00 bits per heavy atom. The summed E-state index contributed by atoms with van der Waals surface area (Å²) in [4.78, 5) is 7.28. The van der Waals surface area contributed by atoms with Crippen LogP contribution in [0.2, 0.25) is 0 Å². The first-order valence-electron chi connectivity index (χ1n) is 9.65. The Hall–Kier alpha value is -2.37. The van der Waals surface area contributed by atoms with Crippen LogP contribution in [0.3, 0.4) is 0 Å². The van der Waals surface area contributed by atoms with E-state index in [9.17, 15) is 0 Å². The average Bonchev–Trinajstić information content (AvgIpc) is 3.34. The van der Waals surface area contributed by atoms with E-state index in [0.717, 1.165) is 30.7 Å². The Labute approximate surface area is 155 Å². The molecule has 6 heteroatoms. The molecule has 1 aromatic heterocycles. The maximum absolute atomic E-state index is 4.90. The third kappa shape index (κ3) is 2.77. The number of rotatable bonds is 3. The monoisotopic (exact) mass is 352 g/mol. The zero-order chi connectivity index (χ0) is 18.1. The number of aromatic nitrogens is 3. The van der Waals surface area contributed by atoms with Crippen molar-refractivity contribution in [1.29, 1.82) is 0 Å². The molecule has 0 saturated heterocycles. The van der Waals surface area contributed by atoms with Gasteiger partial charge in [0.1, 0.15) is 12.4 Å². The summed E-state index contributed by atoms with van der Waals surface area (Å²) in [6.07, 6.45) is 5.22. The number of para-hydroxylation sites is 1. The molecule has 2 heterocycles. The van der Waals surface area contributed by atoms with Gasteiger partial charge < -0.3 is 14.8 Å². The van der Waals surface area contributed by atoms with Gasteiger partial charge in [0.2, 0.25) is 0 Å². The number of guanidine groups is 1. The number of nitrogens with zero attached hydrogens (tertiary/aromatic N) is 5. The summed E-state index contributed by atoms with van der Waals surface area (Å²) >= 11 is 0. The van der Waals surface area contributed by atoms with Crippen LogP contribution in [0, 0.1) is 6.92 Å². The highest BCUT2D eigenvalue weighted by Crippen LogP contribution is 2.50. The lowest BCUT2D eigenvalue weighted by Gasteiger charge is -2.26. The lowest BCUT2D eigenvalue weighted by Crippen LogP contribution is -2.43. The van der Waals surface area contributed by atoms with Gasteiger partial charge in [-0.2, -0.15) is 0 Å². The summed E-state index contributed by atoms with van der Waals surface area (Å²) in [6, 6.07) is 8.86. The lowest BCUT2D eigenvalue weighted by molar-refractivity contribution is 0.478. The van der Waals surface area contributed by atoms with Crippen molar-refractivity contribution in [3.8, 4) is 0 Å². The summed E-state index contributed by atoms with van der Waals surface area (Å²) in [6.45, 7) is 6.49. The minimum atomic E-state index is 0.300. The largest absolute Gasteiger partial charge is 0.356 e. The number of hydrogen-bond donors (Lipinski definition) is 1. The first-order chi connectivity index (χ1) is 12.6. The molecule has 1 fully saturated rings. The van der Waals surface area contributed by atoms with E-state index < -0.39 is 0 Å². The first-order valence-corrected chi connectivity index (χ1v) is 9.65. The molecule has 26 heavy (non-hydrogen) atoms. The van der Waals surface area contributed by atoms with Gasteiger partial charge in [-0.25, -0.2) is 4.99 Å². The van der Waals surface area contributed by atoms with Crippen molar-refractivity contribution < 1.29 is 0 Å². The molecule has 1 aliphatic heterocycles. The lowest BCUT2D eigenvalue weighted by atomic mass is 9.81. The highest BCUT2D eigenvalue weighted by molar-refractivity contribution is 5.98. The summed E-state index contributed by atoms with van der Waals surface area (Å²) in [5, 5.41) is 11.9. The van der Waals surface area contributed by atoms with Crippen LogP contribution >= 0.6 is 0 Å². The van der Waals surface area contributed by atoms with E-state index in [1.165, 1.54) is 36.9 Å². The van der Waals surface area contributed by atoms with Crippen LogP contribution in [0.15, 0.2) is 29.3 Å². The van der Waals surface area contributed by atoms with Gasteiger partial charge in [-0.05, 0) is 38.3 Å². The highest BCUT2D eigenvalue weighted by atomic mass is 15.3. The fourth-order valence-corrected chi connectivity index (χ4v) is 4.43. The third-order valence-electron chi connectivity index (χ3n) is 5.93. The number of anilines is 1. The highest BCUT2D eigenvalue weighted by Gasteiger charge is 2.45. The fourth-order valence-electron chi connectivity index (χ4n) is 4.43. The molecule has 1 saturated carbocycles. The van der Waals surface area contributed by atoms with Crippen molar-refractivity contribution in [3.63, 3.8) is 0 Å². The molecule has 1 aliphatic carbocycles. The molecule has 138 valence electrons. The summed E-state index contributed by atoms with van der Waals surface area (Å²) in [5.74, 6) is 2.75. The van der Waals surface area contributed by atoms with Crippen molar-refractivity contribution in [2.75, 3.05) is 18.0 Å². The molecule has 6 nitrogen and oxygen atoms in total. The Kier molecular flexibility index (Phi) is 4.42. The van der Waals surface area contributed by atoms with Gasteiger partial charge in [-0.1, -0.05) is 31.0 Å². The van der Waals surface area contributed by atoms with Crippen LogP contribution < -0.4 is 10.2 Å². The van der Waals surface area contributed by atoms with E-state index in [-0.39, 0.29) is 0 Å². The Morgan fingerprint density at radius 3 is 2.69 bits per heavy atom. The SMILES string of the molecule is CCNC(=NCc1nnc(C)n1C)N1CC2(CCCC2)c2ccccc21. The van der Waals surface area contributed by atoms with Crippen molar-refractivity contribution in [2.45, 2.75) is 51.5 Å². The number of hydrogen-bond acceptors (Lipinski definition) is 3. The van der Waals surface area contributed by atoms with Gasteiger partial charge in [-0.3, -0.25) is 0 Å². The second-order valence-electron chi connectivity index (χ2n) is 7.48. The second kappa shape index (κ2) is 6.74. The Bertz CT molecular complexity index is 815. The number of nitrogens with one attached hydrogen (secondary N) is 1. The summed E-state index contributed by atoms with van der Waals surface area (Å²) < 4.78 is 2.00. The third-order valence-corrected chi connectivity index (χ3v) is 5.93. The molecule has 0 radical (unpaired) electrons. The van der Waals surface area contributed by atoms with Gasteiger partial charge in [-0.15, -0.1) is 10.2 Å². The van der Waals surface area contributed by atoms with Gasteiger partial charge >= 0.3 is 0 Å². The summed E-state index contributed by atoms with van der Waals surface area (Å²) in [5.41, 5.74) is 3.11. The molecular weight excluding hydrogens is 324 g/mol. The maximum atomic E-state index is 4.90. The van der Waals surface area contributed by atoms with Crippen LogP contribution in [0.25, 0.3) is 0 Å². The normalized spacial score (nSPS) is 18.6. The van der Waals surface area contributed by atoms with Crippen molar-refractivity contribution >= 4 is 11.6 Å². The Balaban J connectivity index is 1.66. The number of fused-ring (bicyclic) bond motifs is 2. The van der Waals surface area contributed by atoms with Gasteiger partial charge in [0.25, 0.3) is 0 Å². The quantitative estimate of drug-likeness (QED) is 0.682.